The zero-order valence-corrected chi connectivity index (χ0v) is 18.4. The molecule has 4 rings (SSSR count). The van der Waals surface area contributed by atoms with Crippen LogP contribution in [0.5, 0.6) is 23.0 Å². The maximum Gasteiger partial charge on any atom is 0.235 e. The molecule has 0 saturated carbocycles. The summed E-state index contributed by atoms with van der Waals surface area (Å²) in [4.78, 5) is 14.7. The lowest BCUT2D eigenvalue weighted by atomic mass is 10.0. The van der Waals surface area contributed by atoms with Crippen molar-refractivity contribution in [3.8, 4) is 23.0 Å². The van der Waals surface area contributed by atoms with E-state index < -0.39 is 0 Å². The molecule has 2 heterocycles. The number of para-hydroxylation sites is 2. The molecular formula is C25H30NO5+. The number of rotatable bonds is 6. The topological polar surface area (TPSA) is 73.3 Å². The molecule has 1 saturated heterocycles. The van der Waals surface area contributed by atoms with E-state index >= 15 is 0 Å². The van der Waals surface area contributed by atoms with Gasteiger partial charge in [0.1, 0.15) is 18.1 Å². The third-order valence-corrected chi connectivity index (χ3v) is 6.11. The number of fused-ring (bicyclic) bond motifs is 1. The van der Waals surface area contributed by atoms with E-state index in [1.54, 1.807) is 31.2 Å². The summed E-state index contributed by atoms with van der Waals surface area (Å²) in [5.74, 6) is 1.70. The van der Waals surface area contributed by atoms with Crippen molar-refractivity contribution in [3.63, 3.8) is 0 Å². The third-order valence-electron chi connectivity index (χ3n) is 6.11. The number of ether oxygens (including phenoxy) is 2. The van der Waals surface area contributed by atoms with Crippen molar-refractivity contribution in [1.29, 1.82) is 0 Å². The molecule has 1 aliphatic heterocycles. The van der Waals surface area contributed by atoms with Crippen LogP contribution in [-0.2, 0) is 6.54 Å². The van der Waals surface area contributed by atoms with Crippen LogP contribution >= 0.6 is 0 Å². The Bertz CT molecular complexity index is 1140. The van der Waals surface area contributed by atoms with Gasteiger partial charge in [0.2, 0.25) is 11.2 Å². The minimum Gasteiger partial charge on any atom is -0.507 e. The molecule has 0 amide bonds. The average Bonchev–Trinajstić information content (AvgIpc) is 2.76. The second kappa shape index (κ2) is 9.02. The molecular weight excluding hydrogens is 394 g/mol. The zero-order valence-electron chi connectivity index (χ0n) is 18.4. The van der Waals surface area contributed by atoms with Crippen molar-refractivity contribution in [2.75, 3.05) is 13.2 Å². The van der Waals surface area contributed by atoms with Crippen molar-refractivity contribution in [3.05, 3.63) is 57.9 Å². The molecule has 6 heteroatoms. The van der Waals surface area contributed by atoms with Crippen molar-refractivity contribution in [2.24, 2.45) is 0 Å². The number of aromatic hydroxyl groups is 1. The lowest BCUT2D eigenvalue weighted by Crippen LogP contribution is -3.14. The van der Waals surface area contributed by atoms with Crippen LogP contribution in [0.2, 0.25) is 0 Å². The number of quaternary nitrogens is 1. The summed E-state index contributed by atoms with van der Waals surface area (Å²) in [6, 6.07) is 10.9. The second-order valence-electron chi connectivity index (χ2n) is 8.22. The van der Waals surface area contributed by atoms with Crippen LogP contribution in [0, 0.1) is 6.92 Å². The predicted octanol–water partition coefficient (Wildman–Crippen LogP) is 3.96. The standard InChI is InChI=1S/C25H29NO5/c1-4-29-21-10-5-6-11-22(21)31-24-17(3)30-25-18(23(24)28)12-13-20(27)19(25)15-26-14-8-7-9-16(26)2/h5-6,10-13,16,27H,4,7-9,14-15H2,1-3H3/p+1/t16-/m1/s1. The molecule has 3 aromatic rings. The smallest absolute Gasteiger partial charge is 0.235 e. The van der Waals surface area contributed by atoms with Crippen molar-refractivity contribution < 1.29 is 23.9 Å². The normalized spacial score (nSPS) is 18.8. The van der Waals surface area contributed by atoms with Crippen LogP contribution in [0.1, 0.15) is 44.4 Å². The van der Waals surface area contributed by atoms with Crippen LogP contribution in [0.3, 0.4) is 0 Å². The number of phenols is 1. The van der Waals surface area contributed by atoms with E-state index in [2.05, 4.69) is 6.92 Å². The maximum atomic E-state index is 13.3. The molecule has 164 valence electrons. The van der Waals surface area contributed by atoms with Gasteiger partial charge in [-0.15, -0.1) is 0 Å². The Balaban J connectivity index is 1.76. The quantitative estimate of drug-likeness (QED) is 0.627. The molecule has 2 N–H and O–H groups in total. The highest BCUT2D eigenvalue weighted by Crippen LogP contribution is 2.34. The Kier molecular flexibility index (Phi) is 6.18. The fourth-order valence-corrected chi connectivity index (χ4v) is 4.35. The summed E-state index contributed by atoms with van der Waals surface area (Å²) >= 11 is 0. The van der Waals surface area contributed by atoms with E-state index in [4.69, 9.17) is 13.9 Å². The van der Waals surface area contributed by atoms with E-state index in [0.717, 1.165) is 6.54 Å². The van der Waals surface area contributed by atoms with Gasteiger partial charge in [0.15, 0.2) is 17.1 Å². The molecule has 1 fully saturated rings. The molecule has 0 spiro atoms. The second-order valence-corrected chi connectivity index (χ2v) is 8.22. The molecule has 2 atom stereocenters. The molecule has 31 heavy (non-hydrogen) atoms. The Morgan fingerprint density at radius 1 is 1.16 bits per heavy atom. The fourth-order valence-electron chi connectivity index (χ4n) is 4.35. The average molecular weight is 425 g/mol. The van der Waals surface area contributed by atoms with Gasteiger partial charge in [0.25, 0.3) is 0 Å². The van der Waals surface area contributed by atoms with Gasteiger partial charge in [-0.2, -0.15) is 0 Å². The lowest BCUT2D eigenvalue weighted by molar-refractivity contribution is -0.941. The number of hydrogen-bond acceptors (Lipinski definition) is 5. The Labute approximate surface area is 182 Å². The van der Waals surface area contributed by atoms with Gasteiger partial charge in [0, 0.05) is 0 Å². The van der Waals surface area contributed by atoms with Crippen molar-refractivity contribution >= 4 is 11.0 Å². The maximum absolute atomic E-state index is 13.3. The summed E-state index contributed by atoms with van der Waals surface area (Å²) < 4.78 is 17.7. The van der Waals surface area contributed by atoms with Crippen LogP contribution in [0.25, 0.3) is 11.0 Å². The van der Waals surface area contributed by atoms with Gasteiger partial charge in [0.05, 0.1) is 30.1 Å². The van der Waals surface area contributed by atoms with E-state index in [9.17, 15) is 9.90 Å². The Morgan fingerprint density at radius 3 is 2.68 bits per heavy atom. The zero-order chi connectivity index (χ0) is 22.0. The first-order valence-corrected chi connectivity index (χ1v) is 11.0. The number of likely N-dealkylation sites (tertiary alicyclic amines) is 1. The van der Waals surface area contributed by atoms with Crippen LogP contribution in [0.4, 0.5) is 0 Å². The van der Waals surface area contributed by atoms with Gasteiger partial charge in [-0.3, -0.25) is 4.79 Å². The molecule has 1 unspecified atom stereocenters. The molecule has 0 bridgehead atoms. The minimum absolute atomic E-state index is 0.134. The summed E-state index contributed by atoms with van der Waals surface area (Å²) in [7, 11) is 0. The van der Waals surface area contributed by atoms with Gasteiger partial charge < -0.3 is 23.9 Å². The highest BCUT2D eigenvalue weighted by Gasteiger charge is 2.26. The van der Waals surface area contributed by atoms with E-state index in [1.807, 2.05) is 19.1 Å². The number of benzene rings is 2. The van der Waals surface area contributed by atoms with Crippen molar-refractivity contribution in [2.45, 2.75) is 52.6 Å². The summed E-state index contributed by atoms with van der Waals surface area (Å²) in [5.41, 5.74) is 0.869. The SMILES string of the molecule is CCOc1ccccc1Oc1c(C)oc2c(C[NH+]3CCCC[C@H]3C)c(O)ccc2c1=O. The first-order valence-electron chi connectivity index (χ1n) is 11.0. The minimum atomic E-state index is -0.256. The van der Waals surface area contributed by atoms with E-state index in [0.29, 0.717) is 53.0 Å². The van der Waals surface area contributed by atoms with E-state index in [1.165, 1.54) is 24.2 Å². The van der Waals surface area contributed by atoms with Gasteiger partial charge in [-0.25, -0.2) is 0 Å². The Morgan fingerprint density at radius 2 is 1.94 bits per heavy atom. The monoisotopic (exact) mass is 424 g/mol. The van der Waals surface area contributed by atoms with Crippen LogP contribution in [-0.4, -0.2) is 24.3 Å². The fraction of sp³-hybridized carbons (Fsp3) is 0.400. The molecule has 2 aromatic carbocycles. The first-order chi connectivity index (χ1) is 15.0. The Hall–Kier alpha value is -2.99. The van der Waals surface area contributed by atoms with Gasteiger partial charge in [-0.1, -0.05) is 12.1 Å². The first kappa shape index (κ1) is 21.2. The van der Waals surface area contributed by atoms with Crippen LogP contribution in [0.15, 0.2) is 45.6 Å². The molecule has 1 aliphatic rings. The highest BCUT2D eigenvalue weighted by atomic mass is 16.5. The number of hydrogen-bond donors (Lipinski definition) is 2. The summed E-state index contributed by atoms with van der Waals surface area (Å²) in [6.45, 7) is 8.01. The lowest BCUT2D eigenvalue weighted by Gasteiger charge is -2.30. The predicted molar refractivity (Wildman–Crippen MR) is 119 cm³/mol. The number of phenolic OH excluding ortho intramolecular Hbond substituents is 1. The number of nitrogens with one attached hydrogen (secondary N) is 1. The summed E-state index contributed by atoms with van der Waals surface area (Å²) in [6.07, 6.45) is 3.58. The third kappa shape index (κ3) is 4.26. The summed E-state index contributed by atoms with van der Waals surface area (Å²) in [5, 5.41) is 11.0. The van der Waals surface area contributed by atoms with Crippen molar-refractivity contribution in [1.82, 2.24) is 0 Å². The van der Waals surface area contributed by atoms with Crippen LogP contribution < -0.4 is 19.8 Å². The van der Waals surface area contributed by atoms with E-state index in [-0.39, 0.29) is 16.9 Å². The van der Waals surface area contributed by atoms with Gasteiger partial charge in [-0.05, 0) is 64.3 Å². The molecule has 0 aliphatic carbocycles. The van der Waals surface area contributed by atoms with Gasteiger partial charge >= 0.3 is 0 Å². The number of aryl methyl sites for hydroxylation is 1. The highest BCUT2D eigenvalue weighted by molar-refractivity contribution is 5.83. The molecule has 0 radical (unpaired) electrons. The largest absolute Gasteiger partial charge is 0.507 e. The molecule has 6 nitrogen and oxygen atoms in total. The molecule has 1 aromatic heterocycles. The number of piperidine rings is 1.